The number of benzene rings is 2. The largest absolute Gasteiger partial charge is 0.360 e. The van der Waals surface area contributed by atoms with Crippen molar-refractivity contribution in [3.05, 3.63) is 71.3 Å². The second-order valence-corrected chi connectivity index (χ2v) is 8.47. The Hall–Kier alpha value is -3.38. The molecule has 1 unspecified atom stereocenters. The van der Waals surface area contributed by atoms with Crippen LogP contribution in [0.25, 0.3) is 33.0 Å². The number of fused-ring (bicyclic) bond motifs is 1. The molecule has 0 fully saturated rings. The number of amides is 2. The van der Waals surface area contributed by atoms with Crippen molar-refractivity contribution in [1.82, 2.24) is 14.9 Å². The number of carbonyl (C=O) groups is 2. The van der Waals surface area contributed by atoms with Crippen LogP contribution in [0.1, 0.15) is 16.7 Å². The zero-order valence-electron chi connectivity index (χ0n) is 16.3. The van der Waals surface area contributed by atoms with Crippen molar-refractivity contribution in [2.24, 2.45) is 5.92 Å². The van der Waals surface area contributed by atoms with Gasteiger partial charge in [0.15, 0.2) is 0 Å². The van der Waals surface area contributed by atoms with Crippen LogP contribution in [0.5, 0.6) is 0 Å². The zero-order valence-corrected chi connectivity index (χ0v) is 17.1. The lowest BCUT2D eigenvalue weighted by Crippen LogP contribution is -2.22. The molecule has 7 heteroatoms. The number of para-hydroxylation sites is 1. The Labute approximate surface area is 181 Å². The first kappa shape index (κ1) is 18.4. The topological polar surface area (TPSA) is 66.9 Å². The third-order valence-electron chi connectivity index (χ3n) is 6.28. The highest BCUT2D eigenvalue weighted by Crippen LogP contribution is 2.40. The molecule has 0 saturated carbocycles. The van der Waals surface area contributed by atoms with Gasteiger partial charge in [0, 0.05) is 52.2 Å². The van der Waals surface area contributed by atoms with E-state index < -0.39 is 11.8 Å². The Morgan fingerprint density at radius 3 is 2.68 bits per heavy atom. The molecule has 2 aliphatic rings. The Kier molecular flexibility index (Phi) is 3.89. The highest BCUT2D eigenvalue weighted by Gasteiger charge is 2.36. The van der Waals surface area contributed by atoms with E-state index >= 15 is 0 Å². The summed E-state index contributed by atoms with van der Waals surface area (Å²) in [5.74, 6) is -0.368. The molecule has 0 radical (unpaired) electrons. The summed E-state index contributed by atoms with van der Waals surface area (Å²) in [4.78, 5) is 28.8. The molecule has 2 amide bonds. The van der Waals surface area contributed by atoms with Gasteiger partial charge >= 0.3 is 0 Å². The van der Waals surface area contributed by atoms with E-state index in [4.69, 9.17) is 11.6 Å². The summed E-state index contributed by atoms with van der Waals surface area (Å²) in [7, 11) is 0. The van der Waals surface area contributed by atoms with Gasteiger partial charge in [-0.1, -0.05) is 18.2 Å². The molecule has 6 rings (SSSR count). The molecular weight excluding hydrogens is 417 g/mol. The molecule has 4 aromatic rings. The third kappa shape index (κ3) is 2.61. The number of alkyl halides is 1. The summed E-state index contributed by atoms with van der Waals surface area (Å²) in [6.45, 7) is 0.765. The minimum Gasteiger partial charge on any atom is -0.360 e. The summed E-state index contributed by atoms with van der Waals surface area (Å²) in [5.41, 5.74) is 4.80. The van der Waals surface area contributed by atoms with Gasteiger partial charge in [0.05, 0.1) is 16.7 Å². The first-order chi connectivity index (χ1) is 15.0. The maximum atomic E-state index is 13.6. The van der Waals surface area contributed by atoms with Crippen molar-refractivity contribution in [2.75, 3.05) is 5.88 Å². The van der Waals surface area contributed by atoms with Crippen LogP contribution >= 0.6 is 11.6 Å². The van der Waals surface area contributed by atoms with Crippen molar-refractivity contribution < 1.29 is 14.0 Å². The predicted octanol–water partition coefficient (Wildman–Crippen LogP) is 4.24. The van der Waals surface area contributed by atoms with Crippen LogP contribution in [0, 0.1) is 11.7 Å². The molecule has 0 saturated heterocycles. The van der Waals surface area contributed by atoms with Crippen molar-refractivity contribution in [3.8, 4) is 0 Å². The summed E-state index contributed by atoms with van der Waals surface area (Å²) >= 11 is 6.15. The predicted molar refractivity (Wildman–Crippen MR) is 118 cm³/mol. The first-order valence-electron chi connectivity index (χ1n) is 10.1. The van der Waals surface area contributed by atoms with E-state index in [2.05, 4.69) is 20.9 Å². The van der Waals surface area contributed by atoms with Crippen LogP contribution in [-0.4, -0.2) is 27.2 Å². The Morgan fingerprint density at radius 1 is 1.06 bits per heavy atom. The van der Waals surface area contributed by atoms with Crippen molar-refractivity contribution in [1.29, 1.82) is 0 Å². The van der Waals surface area contributed by atoms with E-state index in [0.717, 1.165) is 29.4 Å². The fourth-order valence-electron chi connectivity index (χ4n) is 4.98. The minimum absolute atomic E-state index is 0.306. The van der Waals surface area contributed by atoms with E-state index in [1.165, 1.54) is 17.7 Å². The molecule has 0 spiro atoms. The fraction of sp³-hybridized carbons (Fsp3) is 0.167. The number of carbonyl (C=O) groups excluding carboxylic acids is 2. The monoisotopic (exact) mass is 433 g/mol. The average molecular weight is 434 g/mol. The Morgan fingerprint density at radius 2 is 1.87 bits per heavy atom. The lowest BCUT2D eigenvalue weighted by atomic mass is 9.93. The molecule has 1 atom stereocenters. The lowest BCUT2D eigenvalue weighted by Gasteiger charge is -2.22. The van der Waals surface area contributed by atoms with Crippen LogP contribution in [0.15, 0.2) is 48.8 Å². The smallest absolute Gasteiger partial charge is 0.259 e. The zero-order chi connectivity index (χ0) is 21.3. The quantitative estimate of drug-likeness (QED) is 0.375. The van der Waals surface area contributed by atoms with Gasteiger partial charge in [0.25, 0.3) is 11.8 Å². The molecule has 0 bridgehead atoms. The fourth-order valence-corrected chi connectivity index (χ4v) is 5.18. The number of rotatable bonds is 3. The molecule has 154 valence electrons. The van der Waals surface area contributed by atoms with E-state index in [-0.39, 0.29) is 5.82 Å². The molecule has 0 aliphatic carbocycles. The second kappa shape index (κ2) is 6.56. The molecular formula is C24H17ClFN3O2. The van der Waals surface area contributed by atoms with Gasteiger partial charge in [-0.25, -0.2) is 4.39 Å². The van der Waals surface area contributed by atoms with Crippen LogP contribution in [0.3, 0.4) is 0 Å². The lowest BCUT2D eigenvalue weighted by molar-refractivity contribution is -0.122. The summed E-state index contributed by atoms with van der Waals surface area (Å²) in [5, 5.41) is 4.08. The van der Waals surface area contributed by atoms with Crippen molar-refractivity contribution >= 4 is 56.4 Å². The number of halogens is 2. The van der Waals surface area contributed by atoms with Crippen LogP contribution in [-0.2, 0) is 22.6 Å². The van der Waals surface area contributed by atoms with Crippen LogP contribution in [0.2, 0.25) is 0 Å². The second-order valence-electron chi connectivity index (χ2n) is 8.16. The molecule has 2 aromatic carbocycles. The molecule has 2 aliphatic heterocycles. The van der Waals surface area contributed by atoms with E-state index in [1.807, 2.05) is 18.3 Å². The number of imide groups is 1. The summed E-state index contributed by atoms with van der Waals surface area (Å²) < 4.78 is 15.8. The number of aromatic amines is 1. The maximum Gasteiger partial charge on any atom is 0.259 e. The van der Waals surface area contributed by atoms with Gasteiger partial charge in [-0.15, -0.1) is 11.6 Å². The number of nitrogens with one attached hydrogen (secondary N) is 2. The SMILES string of the molecule is O=C1NC(=O)C(c2cn3c4c(cccc24)CC(CCl)C3)=C1c1c[nH]c2cc(F)ccc12. The Bertz CT molecular complexity index is 1460. The standard InChI is InChI=1S/C24H17ClFN3O2/c25-8-12-6-13-2-1-3-16-18(11-29(10-12)22(13)16)21-20(23(30)28-24(21)31)17-9-27-19-7-14(26)4-5-15(17)19/h1-5,7,9,11-12,27H,6,8,10H2,(H,28,30,31). The Balaban J connectivity index is 1.63. The maximum absolute atomic E-state index is 13.6. The molecule has 4 heterocycles. The number of nitrogens with zero attached hydrogens (tertiary/aromatic N) is 1. The highest BCUT2D eigenvalue weighted by molar-refractivity contribution is 6.50. The summed E-state index contributed by atoms with van der Waals surface area (Å²) in [6, 6.07) is 10.4. The van der Waals surface area contributed by atoms with Gasteiger partial charge in [-0.3, -0.25) is 14.9 Å². The minimum atomic E-state index is -0.448. The number of H-pyrrole nitrogens is 1. The highest BCUT2D eigenvalue weighted by atomic mass is 35.5. The number of hydrogen-bond donors (Lipinski definition) is 2. The van der Waals surface area contributed by atoms with Crippen molar-refractivity contribution in [3.63, 3.8) is 0 Å². The van der Waals surface area contributed by atoms with Crippen molar-refractivity contribution in [2.45, 2.75) is 13.0 Å². The van der Waals surface area contributed by atoms with E-state index in [0.29, 0.717) is 39.4 Å². The van der Waals surface area contributed by atoms with Gasteiger partial charge in [-0.2, -0.15) is 0 Å². The molecule has 5 nitrogen and oxygen atoms in total. The molecule has 2 N–H and O–H groups in total. The molecule has 31 heavy (non-hydrogen) atoms. The molecule has 2 aromatic heterocycles. The van der Waals surface area contributed by atoms with Gasteiger partial charge in [0.2, 0.25) is 0 Å². The van der Waals surface area contributed by atoms with Gasteiger partial charge < -0.3 is 9.55 Å². The average Bonchev–Trinajstić information content (AvgIpc) is 3.41. The van der Waals surface area contributed by atoms with Gasteiger partial charge in [0.1, 0.15) is 5.82 Å². The first-order valence-corrected chi connectivity index (χ1v) is 10.6. The van der Waals surface area contributed by atoms with E-state index in [9.17, 15) is 14.0 Å². The number of hydrogen-bond acceptors (Lipinski definition) is 2. The number of aromatic nitrogens is 2. The third-order valence-corrected chi connectivity index (χ3v) is 6.71. The van der Waals surface area contributed by atoms with E-state index in [1.54, 1.807) is 12.3 Å². The normalized spacial score (nSPS) is 18.5. The summed E-state index contributed by atoms with van der Waals surface area (Å²) in [6.07, 6.45) is 4.49. The van der Waals surface area contributed by atoms with Crippen LogP contribution < -0.4 is 5.32 Å². The van der Waals surface area contributed by atoms with Gasteiger partial charge in [-0.05, 0) is 36.1 Å². The van der Waals surface area contributed by atoms with Crippen LogP contribution in [0.4, 0.5) is 4.39 Å².